The first-order chi connectivity index (χ1) is 12.8. The highest BCUT2D eigenvalue weighted by Gasteiger charge is 2.41. The third kappa shape index (κ3) is 14.5. The highest BCUT2D eigenvalue weighted by molar-refractivity contribution is 7.53. The minimum Gasteiger partial charge on any atom is -0.320 e. The van der Waals surface area contributed by atoms with Gasteiger partial charge in [-0.3, -0.25) is 4.57 Å². The standard InChI is InChI=1S/C22H46NO3P/c1-6-8-9-10-11-12-13-14-15-16-17-18-19-20-21-26-27(24,25)22(7-2)23(3,4)5/h16-17,22H,6-15,18-21H2,1-5H3/p+1. The fraction of sp³-hybridized carbons (Fsp3) is 0.909. The third-order valence-corrected chi connectivity index (χ3v) is 7.43. The maximum absolute atomic E-state index is 12.4. The molecule has 162 valence electrons. The number of rotatable bonds is 18. The quantitative estimate of drug-likeness (QED) is 0.117. The van der Waals surface area contributed by atoms with Gasteiger partial charge in [0.05, 0.1) is 27.7 Å². The molecule has 0 radical (unpaired) electrons. The normalized spacial score (nSPS) is 15.9. The minimum atomic E-state index is -3.56. The van der Waals surface area contributed by atoms with E-state index < -0.39 is 7.60 Å². The predicted molar refractivity (Wildman–Crippen MR) is 118 cm³/mol. The lowest BCUT2D eigenvalue weighted by Gasteiger charge is -2.35. The summed E-state index contributed by atoms with van der Waals surface area (Å²) >= 11 is 0. The van der Waals surface area contributed by atoms with Gasteiger partial charge < -0.3 is 13.9 Å². The summed E-state index contributed by atoms with van der Waals surface area (Å²) in [6.45, 7) is 4.58. The monoisotopic (exact) mass is 404 g/mol. The average Bonchev–Trinajstić information content (AvgIpc) is 2.57. The summed E-state index contributed by atoms with van der Waals surface area (Å²) in [7, 11) is 2.27. The zero-order chi connectivity index (χ0) is 20.6. The zero-order valence-corrected chi connectivity index (χ0v) is 19.7. The molecule has 2 unspecified atom stereocenters. The number of hydrogen-bond acceptors (Lipinski definition) is 2. The van der Waals surface area contributed by atoms with Gasteiger partial charge in [-0.25, -0.2) is 0 Å². The molecule has 0 heterocycles. The summed E-state index contributed by atoms with van der Waals surface area (Å²) in [6.07, 6.45) is 20.2. The van der Waals surface area contributed by atoms with Crippen LogP contribution < -0.4 is 0 Å². The Kier molecular flexibility index (Phi) is 15.6. The molecular formula is C22H47NO3P+. The lowest BCUT2D eigenvalue weighted by Crippen LogP contribution is -2.44. The average molecular weight is 405 g/mol. The third-order valence-electron chi connectivity index (χ3n) is 5.07. The van der Waals surface area contributed by atoms with Crippen LogP contribution >= 0.6 is 7.60 Å². The van der Waals surface area contributed by atoms with Gasteiger partial charge in [-0.05, 0) is 32.1 Å². The summed E-state index contributed by atoms with van der Waals surface area (Å²) < 4.78 is 18.3. The van der Waals surface area contributed by atoms with Crippen LogP contribution in [0.1, 0.15) is 97.3 Å². The van der Waals surface area contributed by atoms with Crippen LogP contribution in [-0.4, -0.2) is 42.9 Å². The molecule has 0 aliphatic rings. The smallest absolute Gasteiger partial charge is 0.320 e. The minimum absolute atomic E-state index is 0.357. The second kappa shape index (κ2) is 15.7. The number of hydrogen-bond donors (Lipinski definition) is 1. The SMILES string of the molecule is CCCCCCCCCCC=CCCCCOP(=O)(O)C(CC)[N+](C)(C)C. The molecular weight excluding hydrogens is 357 g/mol. The van der Waals surface area contributed by atoms with E-state index in [1.165, 1.54) is 57.8 Å². The molecule has 0 saturated heterocycles. The van der Waals surface area contributed by atoms with Gasteiger partial charge in [-0.1, -0.05) is 70.9 Å². The Bertz CT molecular complexity index is 418. The van der Waals surface area contributed by atoms with Crippen molar-refractivity contribution in [2.75, 3.05) is 27.7 Å². The van der Waals surface area contributed by atoms with Crippen molar-refractivity contribution >= 4 is 7.60 Å². The van der Waals surface area contributed by atoms with Crippen LogP contribution in [0.4, 0.5) is 0 Å². The maximum Gasteiger partial charge on any atom is 0.385 e. The predicted octanol–water partition coefficient (Wildman–Crippen LogP) is 6.89. The van der Waals surface area contributed by atoms with E-state index >= 15 is 0 Å². The Balaban J connectivity index is 3.63. The van der Waals surface area contributed by atoms with Gasteiger partial charge in [-0.2, -0.15) is 0 Å². The Morgan fingerprint density at radius 3 is 1.81 bits per heavy atom. The fourth-order valence-electron chi connectivity index (χ4n) is 3.49. The van der Waals surface area contributed by atoms with Crippen molar-refractivity contribution in [2.45, 2.75) is 103 Å². The van der Waals surface area contributed by atoms with Crippen molar-refractivity contribution in [1.29, 1.82) is 0 Å². The van der Waals surface area contributed by atoms with Crippen LogP contribution in [0.25, 0.3) is 0 Å². The summed E-state index contributed by atoms with van der Waals surface area (Å²) in [6, 6.07) is 0. The van der Waals surface area contributed by atoms with E-state index in [9.17, 15) is 9.46 Å². The summed E-state index contributed by atoms with van der Waals surface area (Å²) in [5.74, 6) is -0.357. The molecule has 1 N–H and O–H groups in total. The highest BCUT2D eigenvalue weighted by Crippen LogP contribution is 2.51. The molecule has 0 saturated carbocycles. The van der Waals surface area contributed by atoms with E-state index in [2.05, 4.69) is 19.1 Å². The second-order valence-electron chi connectivity index (χ2n) is 8.63. The van der Waals surface area contributed by atoms with Gasteiger partial charge in [-0.15, -0.1) is 0 Å². The molecule has 5 heteroatoms. The molecule has 0 fully saturated rings. The number of nitrogens with zero attached hydrogens (tertiary/aromatic N) is 1. The molecule has 4 nitrogen and oxygen atoms in total. The van der Waals surface area contributed by atoms with E-state index in [1.54, 1.807) is 0 Å². The van der Waals surface area contributed by atoms with Gasteiger partial charge >= 0.3 is 7.60 Å². The number of unbranched alkanes of at least 4 members (excludes halogenated alkanes) is 10. The van der Waals surface area contributed by atoms with Gasteiger partial charge in [0.2, 0.25) is 0 Å². The molecule has 0 aliphatic carbocycles. The van der Waals surface area contributed by atoms with Gasteiger partial charge in [0.1, 0.15) is 0 Å². The van der Waals surface area contributed by atoms with Crippen molar-refractivity contribution in [3.05, 3.63) is 12.2 Å². The molecule has 27 heavy (non-hydrogen) atoms. The first-order valence-electron chi connectivity index (χ1n) is 11.2. The Labute approximate surface area is 169 Å². The van der Waals surface area contributed by atoms with Crippen molar-refractivity contribution < 1.29 is 18.5 Å². The van der Waals surface area contributed by atoms with Crippen molar-refractivity contribution in [3.8, 4) is 0 Å². The van der Waals surface area contributed by atoms with E-state index in [1.807, 2.05) is 28.1 Å². The molecule has 2 atom stereocenters. The van der Waals surface area contributed by atoms with Crippen LogP contribution in [0.2, 0.25) is 0 Å². The Hall–Kier alpha value is -0.150. The molecule has 0 aromatic rings. The van der Waals surface area contributed by atoms with Crippen LogP contribution in [0.5, 0.6) is 0 Å². The fourth-order valence-corrected chi connectivity index (χ4v) is 5.39. The van der Waals surface area contributed by atoms with Gasteiger partial charge in [0.25, 0.3) is 0 Å². The van der Waals surface area contributed by atoms with Crippen LogP contribution in [0, 0.1) is 0 Å². The molecule has 0 aliphatic heterocycles. The molecule has 0 aromatic carbocycles. The van der Waals surface area contributed by atoms with Gasteiger partial charge in [0, 0.05) is 6.42 Å². The largest absolute Gasteiger partial charge is 0.385 e. The van der Waals surface area contributed by atoms with Crippen molar-refractivity contribution in [3.63, 3.8) is 0 Å². The maximum atomic E-state index is 12.4. The molecule has 0 bridgehead atoms. The number of quaternary nitrogens is 1. The van der Waals surface area contributed by atoms with Gasteiger partial charge in [0.15, 0.2) is 5.78 Å². The zero-order valence-electron chi connectivity index (χ0n) is 18.8. The lowest BCUT2D eigenvalue weighted by molar-refractivity contribution is -0.883. The summed E-state index contributed by atoms with van der Waals surface area (Å²) in [5, 5.41) is 0. The summed E-state index contributed by atoms with van der Waals surface area (Å²) in [5.41, 5.74) is 0. The molecule has 0 amide bonds. The van der Waals surface area contributed by atoms with E-state index in [0.29, 0.717) is 17.5 Å². The lowest BCUT2D eigenvalue weighted by atomic mass is 10.1. The topological polar surface area (TPSA) is 46.5 Å². The van der Waals surface area contributed by atoms with Crippen LogP contribution in [-0.2, 0) is 9.09 Å². The highest BCUT2D eigenvalue weighted by atomic mass is 31.2. The van der Waals surface area contributed by atoms with Crippen molar-refractivity contribution in [2.24, 2.45) is 0 Å². The molecule has 0 spiro atoms. The Morgan fingerprint density at radius 2 is 1.33 bits per heavy atom. The number of allylic oxidation sites excluding steroid dienone is 2. The van der Waals surface area contributed by atoms with Crippen LogP contribution in [0.3, 0.4) is 0 Å². The van der Waals surface area contributed by atoms with Crippen molar-refractivity contribution in [1.82, 2.24) is 0 Å². The molecule has 0 rings (SSSR count). The van der Waals surface area contributed by atoms with E-state index in [4.69, 9.17) is 4.52 Å². The summed E-state index contributed by atoms with van der Waals surface area (Å²) in [4.78, 5) is 10.2. The van der Waals surface area contributed by atoms with Crippen LogP contribution in [0.15, 0.2) is 12.2 Å². The molecule has 0 aromatic heterocycles. The first-order valence-corrected chi connectivity index (χ1v) is 12.8. The second-order valence-corrected chi connectivity index (χ2v) is 10.6. The Morgan fingerprint density at radius 1 is 0.852 bits per heavy atom. The van der Waals surface area contributed by atoms with E-state index in [-0.39, 0.29) is 5.78 Å². The van der Waals surface area contributed by atoms with E-state index in [0.717, 1.165) is 19.3 Å². The first kappa shape index (κ1) is 26.9.